The Balaban J connectivity index is 1.84. The summed E-state index contributed by atoms with van der Waals surface area (Å²) in [6.07, 6.45) is 2.74. The van der Waals surface area contributed by atoms with E-state index in [1.165, 1.54) is 17.7 Å². The van der Waals surface area contributed by atoms with Crippen molar-refractivity contribution in [2.24, 2.45) is 0 Å². The summed E-state index contributed by atoms with van der Waals surface area (Å²) in [5.74, 6) is -1.38. The quantitative estimate of drug-likeness (QED) is 0.300. The van der Waals surface area contributed by atoms with Crippen LogP contribution in [0.5, 0.6) is 0 Å². The molecule has 0 spiro atoms. The molecular weight excluding hydrogens is 402 g/mol. The Kier molecular flexibility index (Phi) is 5.65. The summed E-state index contributed by atoms with van der Waals surface area (Å²) in [5, 5.41) is 2.19. The minimum atomic E-state index is -0.692. The van der Waals surface area contributed by atoms with Crippen molar-refractivity contribution in [3.63, 3.8) is 0 Å². The van der Waals surface area contributed by atoms with Crippen LogP contribution in [0.4, 0.5) is 8.78 Å². The Hall–Kier alpha value is -3.04. The lowest BCUT2D eigenvalue weighted by Gasteiger charge is -2.13. The molecule has 0 fully saturated rings. The van der Waals surface area contributed by atoms with Gasteiger partial charge in [0.25, 0.3) is 0 Å². The Morgan fingerprint density at radius 2 is 1.57 bits per heavy atom. The molecule has 4 heteroatoms. The zero-order chi connectivity index (χ0) is 21.3. The van der Waals surface area contributed by atoms with Crippen LogP contribution >= 0.6 is 11.6 Å². The van der Waals surface area contributed by atoms with Crippen LogP contribution in [0.1, 0.15) is 29.3 Å². The highest BCUT2D eigenvalue weighted by Crippen LogP contribution is 2.35. The van der Waals surface area contributed by atoms with E-state index in [-0.39, 0.29) is 5.56 Å². The van der Waals surface area contributed by atoms with E-state index in [1.54, 1.807) is 30.3 Å². The molecule has 0 aliphatic heterocycles. The standard InChI is InChI=1S/C26H19ClF2O/c1-2-3-16-4-10-21-18(12-16)7-11-22(23(21)15-30)19-13-24(28)26(25(29)14-19)17-5-8-20(27)9-6-17/h4-15H,2-3H2,1H3. The van der Waals surface area contributed by atoms with Crippen LogP contribution < -0.4 is 0 Å². The van der Waals surface area contributed by atoms with Crippen molar-refractivity contribution < 1.29 is 13.6 Å². The van der Waals surface area contributed by atoms with Gasteiger partial charge in [0.05, 0.1) is 5.56 Å². The highest BCUT2D eigenvalue weighted by molar-refractivity contribution is 6.30. The van der Waals surface area contributed by atoms with Crippen molar-refractivity contribution in [3.8, 4) is 22.3 Å². The van der Waals surface area contributed by atoms with Crippen molar-refractivity contribution in [3.05, 3.63) is 94.5 Å². The van der Waals surface area contributed by atoms with E-state index in [2.05, 4.69) is 13.0 Å². The second-order valence-corrected chi connectivity index (χ2v) is 7.71. The van der Waals surface area contributed by atoms with Crippen LogP contribution in [0.25, 0.3) is 33.0 Å². The lowest BCUT2D eigenvalue weighted by Crippen LogP contribution is -1.96. The van der Waals surface area contributed by atoms with E-state index >= 15 is 0 Å². The van der Waals surface area contributed by atoms with Gasteiger partial charge in [-0.2, -0.15) is 0 Å². The maximum atomic E-state index is 14.9. The third-order valence-electron chi connectivity index (χ3n) is 5.27. The molecule has 0 amide bonds. The zero-order valence-corrected chi connectivity index (χ0v) is 17.1. The molecule has 0 aliphatic carbocycles. The van der Waals surface area contributed by atoms with Crippen LogP contribution in [0.3, 0.4) is 0 Å². The number of fused-ring (bicyclic) bond motifs is 1. The molecule has 1 nitrogen and oxygen atoms in total. The number of benzene rings is 4. The van der Waals surface area contributed by atoms with Crippen LogP contribution in [-0.4, -0.2) is 6.29 Å². The minimum Gasteiger partial charge on any atom is -0.298 e. The second kappa shape index (κ2) is 8.37. The molecule has 0 N–H and O–H groups in total. The fourth-order valence-electron chi connectivity index (χ4n) is 3.85. The van der Waals surface area contributed by atoms with Gasteiger partial charge in [-0.15, -0.1) is 0 Å². The predicted octanol–water partition coefficient (Wildman–Crippen LogP) is 7.87. The van der Waals surface area contributed by atoms with Crippen molar-refractivity contribution in [1.82, 2.24) is 0 Å². The monoisotopic (exact) mass is 420 g/mol. The molecule has 4 aromatic rings. The van der Waals surface area contributed by atoms with Gasteiger partial charge in [-0.1, -0.05) is 67.4 Å². The normalized spacial score (nSPS) is 11.1. The highest BCUT2D eigenvalue weighted by Gasteiger charge is 2.17. The number of aryl methyl sites for hydroxylation is 1. The molecule has 0 aromatic heterocycles. The van der Waals surface area contributed by atoms with Crippen molar-refractivity contribution >= 4 is 28.7 Å². The summed E-state index contributed by atoms with van der Waals surface area (Å²) in [4.78, 5) is 11.9. The number of hydrogen-bond acceptors (Lipinski definition) is 1. The Bertz CT molecular complexity index is 1220. The minimum absolute atomic E-state index is 0.118. The lowest BCUT2D eigenvalue weighted by atomic mass is 9.92. The third-order valence-corrected chi connectivity index (χ3v) is 5.52. The summed E-state index contributed by atoms with van der Waals surface area (Å²) in [6.45, 7) is 2.11. The number of rotatable bonds is 5. The van der Waals surface area contributed by atoms with Crippen molar-refractivity contribution in [2.45, 2.75) is 19.8 Å². The average Bonchev–Trinajstić information content (AvgIpc) is 2.73. The van der Waals surface area contributed by atoms with Gasteiger partial charge in [0, 0.05) is 10.6 Å². The van der Waals surface area contributed by atoms with E-state index in [0.29, 0.717) is 27.3 Å². The average molecular weight is 421 g/mol. The van der Waals surface area contributed by atoms with E-state index < -0.39 is 11.6 Å². The number of halogens is 3. The van der Waals surface area contributed by atoms with E-state index in [4.69, 9.17) is 11.6 Å². The number of aldehydes is 1. The topological polar surface area (TPSA) is 17.1 Å². The highest BCUT2D eigenvalue weighted by atomic mass is 35.5. The third kappa shape index (κ3) is 3.73. The first-order valence-corrected chi connectivity index (χ1v) is 10.2. The van der Waals surface area contributed by atoms with Crippen LogP contribution in [-0.2, 0) is 6.42 Å². The Morgan fingerprint density at radius 3 is 2.20 bits per heavy atom. The van der Waals surface area contributed by atoms with Crippen LogP contribution in [0.15, 0.2) is 66.7 Å². The van der Waals surface area contributed by atoms with E-state index in [9.17, 15) is 13.6 Å². The van der Waals surface area contributed by atoms with E-state index in [0.717, 1.165) is 29.9 Å². The van der Waals surface area contributed by atoms with Gasteiger partial charge in [0.1, 0.15) is 11.6 Å². The summed E-state index contributed by atoms with van der Waals surface area (Å²) in [6, 6.07) is 18.5. The Labute approximate surface area is 178 Å². The SMILES string of the molecule is CCCc1ccc2c(C=O)c(-c3cc(F)c(-c4ccc(Cl)cc4)c(F)c3)ccc2c1. The van der Waals surface area contributed by atoms with Gasteiger partial charge in [0.2, 0.25) is 0 Å². The molecule has 30 heavy (non-hydrogen) atoms. The fraction of sp³-hybridized carbons (Fsp3) is 0.115. The molecule has 0 unspecified atom stereocenters. The van der Waals surface area contributed by atoms with Gasteiger partial charge in [-0.3, -0.25) is 4.79 Å². The van der Waals surface area contributed by atoms with E-state index in [1.807, 2.05) is 18.2 Å². The summed E-state index contributed by atoms with van der Waals surface area (Å²) < 4.78 is 29.8. The molecule has 4 aromatic carbocycles. The zero-order valence-electron chi connectivity index (χ0n) is 16.4. The first kappa shape index (κ1) is 20.2. The first-order chi connectivity index (χ1) is 14.5. The molecule has 0 bridgehead atoms. The predicted molar refractivity (Wildman–Crippen MR) is 119 cm³/mol. The van der Waals surface area contributed by atoms with Crippen molar-refractivity contribution in [1.29, 1.82) is 0 Å². The summed E-state index contributed by atoms with van der Waals surface area (Å²) in [7, 11) is 0. The maximum Gasteiger partial charge on any atom is 0.151 e. The first-order valence-electron chi connectivity index (χ1n) is 9.78. The van der Waals surface area contributed by atoms with Crippen LogP contribution in [0.2, 0.25) is 5.02 Å². The smallest absolute Gasteiger partial charge is 0.151 e. The molecule has 0 atom stereocenters. The molecule has 150 valence electrons. The molecule has 0 saturated heterocycles. The molecule has 0 heterocycles. The van der Waals surface area contributed by atoms with Gasteiger partial charge < -0.3 is 0 Å². The Morgan fingerprint density at radius 1 is 0.867 bits per heavy atom. The lowest BCUT2D eigenvalue weighted by molar-refractivity contribution is 0.112. The fourth-order valence-corrected chi connectivity index (χ4v) is 3.97. The molecule has 0 aliphatic rings. The van der Waals surface area contributed by atoms with Gasteiger partial charge >= 0.3 is 0 Å². The number of carbonyl (C=O) groups excluding carboxylic acids is 1. The largest absolute Gasteiger partial charge is 0.298 e. The summed E-state index contributed by atoms with van der Waals surface area (Å²) >= 11 is 5.87. The molecule has 0 saturated carbocycles. The van der Waals surface area contributed by atoms with Gasteiger partial charge in [-0.05, 0) is 63.7 Å². The molecule has 0 radical (unpaired) electrons. The maximum absolute atomic E-state index is 14.9. The number of hydrogen-bond donors (Lipinski definition) is 0. The summed E-state index contributed by atoms with van der Waals surface area (Å²) in [5.41, 5.74) is 2.73. The van der Waals surface area contributed by atoms with Gasteiger partial charge in [0.15, 0.2) is 6.29 Å². The number of carbonyl (C=O) groups is 1. The second-order valence-electron chi connectivity index (χ2n) is 7.27. The van der Waals surface area contributed by atoms with Gasteiger partial charge in [-0.25, -0.2) is 8.78 Å². The van der Waals surface area contributed by atoms with Crippen molar-refractivity contribution in [2.75, 3.05) is 0 Å². The molecule has 4 rings (SSSR count). The molecular formula is C26H19ClF2O. The van der Waals surface area contributed by atoms with Crippen LogP contribution in [0, 0.1) is 11.6 Å².